The van der Waals surface area contributed by atoms with E-state index < -0.39 is 0 Å². The van der Waals surface area contributed by atoms with E-state index in [2.05, 4.69) is 79.7 Å². The Labute approximate surface area is 116 Å². The number of rotatable bonds is 3. The molecule has 0 amide bonds. The molecule has 0 aromatic heterocycles. The maximum absolute atomic E-state index is 2.32. The fourth-order valence-electron chi connectivity index (χ4n) is 2.43. The SMILES string of the molecule is CC1=CC=C(P(c2ccccc2)c2ccccc2)C1. The van der Waals surface area contributed by atoms with Gasteiger partial charge < -0.3 is 0 Å². The summed E-state index contributed by atoms with van der Waals surface area (Å²) in [5.74, 6) is 0. The third-order valence-electron chi connectivity index (χ3n) is 3.34. The molecule has 3 rings (SSSR count). The van der Waals surface area contributed by atoms with Crippen molar-refractivity contribution in [1.82, 2.24) is 0 Å². The Morgan fingerprint density at radius 3 is 1.68 bits per heavy atom. The van der Waals surface area contributed by atoms with Gasteiger partial charge in [-0.25, -0.2) is 0 Å². The minimum Gasteiger partial charge on any atom is -0.0689 e. The predicted octanol–water partition coefficient (Wildman–Crippen LogP) is 4.35. The summed E-state index contributed by atoms with van der Waals surface area (Å²) in [5.41, 5.74) is 1.47. The first-order chi connectivity index (χ1) is 9.34. The fourth-order valence-corrected chi connectivity index (χ4v) is 4.96. The number of allylic oxidation sites excluding steroid dienone is 4. The van der Waals surface area contributed by atoms with Gasteiger partial charge in [-0.15, -0.1) is 0 Å². The highest BCUT2D eigenvalue weighted by atomic mass is 31.1. The summed E-state index contributed by atoms with van der Waals surface area (Å²) in [6.07, 6.45) is 5.70. The van der Waals surface area contributed by atoms with Crippen molar-refractivity contribution in [2.45, 2.75) is 13.3 Å². The van der Waals surface area contributed by atoms with Crippen LogP contribution in [0.4, 0.5) is 0 Å². The van der Waals surface area contributed by atoms with Crippen molar-refractivity contribution in [3.8, 4) is 0 Å². The van der Waals surface area contributed by atoms with Crippen LogP contribution in [-0.4, -0.2) is 0 Å². The quantitative estimate of drug-likeness (QED) is 0.723. The maximum atomic E-state index is 2.32. The molecule has 0 radical (unpaired) electrons. The standard InChI is InChI=1S/C18H17P/c1-15-12-13-18(14-15)19(16-8-4-2-5-9-16)17-10-6-3-7-11-17/h2-13H,14H2,1H3. The van der Waals surface area contributed by atoms with Crippen LogP contribution in [0.2, 0.25) is 0 Å². The van der Waals surface area contributed by atoms with Crippen molar-refractivity contribution in [2.24, 2.45) is 0 Å². The first kappa shape index (κ1) is 12.4. The summed E-state index contributed by atoms with van der Waals surface area (Å²) in [6.45, 7) is 2.22. The van der Waals surface area contributed by atoms with Crippen molar-refractivity contribution in [2.75, 3.05) is 0 Å². The highest BCUT2D eigenvalue weighted by molar-refractivity contribution is 7.76. The third-order valence-corrected chi connectivity index (χ3v) is 5.85. The van der Waals surface area contributed by atoms with Gasteiger partial charge in [-0.3, -0.25) is 0 Å². The van der Waals surface area contributed by atoms with E-state index in [1.54, 1.807) is 5.31 Å². The number of benzene rings is 2. The molecule has 0 heterocycles. The van der Waals surface area contributed by atoms with E-state index >= 15 is 0 Å². The Bertz CT molecular complexity index is 569. The largest absolute Gasteiger partial charge is 0.0689 e. The van der Waals surface area contributed by atoms with Crippen LogP contribution in [0.1, 0.15) is 13.3 Å². The summed E-state index contributed by atoms with van der Waals surface area (Å²) < 4.78 is 0. The molecule has 0 N–H and O–H groups in total. The van der Waals surface area contributed by atoms with Gasteiger partial charge in [0.2, 0.25) is 0 Å². The molecule has 19 heavy (non-hydrogen) atoms. The average Bonchev–Trinajstić information content (AvgIpc) is 2.88. The zero-order valence-electron chi connectivity index (χ0n) is 11.1. The zero-order chi connectivity index (χ0) is 13.1. The Morgan fingerprint density at radius 1 is 0.737 bits per heavy atom. The molecule has 0 saturated heterocycles. The van der Waals surface area contributed by atoms with Crippen LogP contribution < -0.4 is 10.6 Å². The smallest absolute Gasteiger partial charge is 0.00560 e. The molecular weight excluding hydrogens is 247 g/mol. The summed E-state index contributed by atoms with van der Waals surface area (Å²) >= 11 is 0. The summed E-state index contributed by atoms with van der Waals surface area (Å²) in [7, 11) is -0.370. The summed E-state index contributed by atoms with van der Waals surface area (Å²) in [4.78, 5) is 0. The first-order valence-electron chi connectivity index (χ1n) is 6.61. The average molecular weight is 264 g/mol. The molecule has 1 heteroatoms. The van der Waals surface area contributed by atoms with Crippen LogP contribution in [0.5, 0.6) is 0 Å². The molecule has 0 nitrogen and oxygen atoms in total. The molecule has 0 bridgehead atoms. The van der Waals surface area contributed by atoms with E-state index in [9.17, 15) is 0 Å². The highest BCUT2D eigenvalue weighted by Gasteiger charge is 2.20. The molecular formula is C18H17P. The molecule has 0 saturated carbocycles. The zero-order valence-corrected chi connectivity index (χ0v) is 12.0. The molecule has 0 unspecified atom stereocenters. The van der Waals surface area contributed by atoms with Gasteiger partial charge in [0.15, 0.2) is 0 Å². The molecule has 94 valence electrons. The lowest BCUT2D eigenvalue weighted by Crippen LogP contribution is -2.12. The van der Waals surface area contributed by atoms with Gasteiger partial charge in [-0.05, 0) is 37.2 Å². The molecule has 0 atom stereocenters. The van der Waals surface area contributed by atoms with Gasteiger partial charge in [0.25, 0.3) is 0 Å². The van der Waals surface area contributed by atoms with E-state index in [1.165, 1.54) is 16.2 Å². The topological polar surface area (TPSA) is 0 Å². The summed E-state index contributed by atoms with van der Waals surface area (Å²) in [6, 6.07) is 21.8. The van der Waals surface area contributed by atoms with Gasteiger partial charge in [-0.2, -0.15) is 0 Å². The van der Waals surface area contributed by atoms with Crippen LogP contribution in [0.25, 0.3) is 0 Å². The van der Waals surface area contributed by atoms with Crippen LogP contribution >= 0.6 is 7.92 Å². The Hall–Kier alpha value is -1.65. The van der Waals surface area contributed by atoms with Gasteiger partial charge in [-0.1, -0.05) is 78.4 Å². The molecule has 2 aromatic rings. The van der Waals surface area contributed by atoms with E-state index in [0.29, 0.717) is 0 Å². The Balaban J connectivity index is 2.03. The van der Waals surface area contributed by atoms with Crippen LogP contribution in [0.15, 0.2) is 83.7 Å². The van der Waals surface area contributed by atoms with Crippen LogP contribution in [0, 0.1) is 0 Å². The molecule has 1 aliphatic rings. The second-order valence-corrected chi connectivity index (χ2v) is 7.13. The van der Waals surface area contributed by atoms with Crippen molar-refractivity contribution in [1.29, 1.82) is 0 Å². The van der Waals surface area contributed by atoms with Crippen molar-refractivity contribution >= 4 is 18.5 Å². The van der Waals surface area contributed by atoms with Gasteiger partial charge in [0.1, 0.15) is 0 Å². The van der Waals surface area contributed by atoms with Gasteiger partial charge in [0.05, 0.1) is 0 Å². The van der Waals surface area contributed by atoms with Crippen LogP contribution in [-0.2, 0) is 0 Å². The number of hydrogen-bond acceptors (Lipinski definition) is 0. The van der Waals surface area contributed by atoms with Crippen LogP contribution in [0.3, 0.4) is 0 Å². The minimum atomic E-state index is -0.370. The van der Waals surface area contributed by atoms with Crippen molar-refractivity contribution in [3.05, 3.63) is 83.7 Å². The normalized spacial score (nSPS) is 14.4. The molecule has 0 spiro atoms. The second-order valence-electron chi connectivity index (χ2n) is 4.85. The van der Waals surface area contributed by atoms with E-state index in [4.69, 9.17) is 0 Å². The van der Waals surface area contributed by atoms with Gasteiger partial charge >= 0.3 is 0 Å². The fraction of sp³-hybridized carbons (Fsp3) is 0.111. The molecule has 0 aliphatic heterocycles. The van der Waals surface area contributed by atoms with Gasteiger partial charge in [0, 0.05) is 0 Å². The maximum Gasteiger partial charge on any atom is -0.00560 e. The van der Waals surface area contributed by atoms with Crippen molar-refractivity contribution in [3.63, 3.8) is 0 Å². The monoisotopic (exact) mass is 264 g/mol. The third kappa shape index (κ3) is 2.69. The van der Waals surface area contributed by atoms with E-state index in [0.717, 1.165) is 6.42 Å². The van der Waals surface area contributed by atoms with E-state index in [-0.39, 0.29) is 7.92 Å². The predicted molar refractivity (Wildman–Crippen MR) is 85.5 cm³/mol. The molecule has 0 fully saturated rings. The molecule has 2 aromatic carbocycles. The lowest BCUT2D eigenvalue weighted by atomic mass is 10.3. The Morgan fingerprint density at radius 2 is 1.26 bits per heavy atom. The Kier molecular flexibility index (Phi) is 3.62. The first-order valence-corrected chi connectivity index (χ1v) is 7.95. The lowest BCUT2D eigenvalue weighted by Gasteiger charge is -2.20. The van der Waals surface area contributed by atoms with E-state index in [1.807, 2.05) is 0 Å². The second kappa shape index (κ2) is 5.55. The number of hydrogen-bond donors (Lipinski definition) is 0. The highest BCUT2D eigenvalue weighted by Crippen LogP contribution is 2.47. The lowest BCUT2D eigenvalue weighted by molar-refractivity contribution is 1.23. The summed E-state index contributed by atoms with van der Waals surface area (Å²) in [5, 5.41) is 4.45. The minimum absolute atomic E-state index is 0.370. The van der Waals surface area contributed by atoms with Crippen molar-refractivity contribution < 1.29 is 0 Å². The molecule has 1 aliphatic carbocycles.